The molecule has 2 heterocycles. The largest absolute Gasteiger partial charge is 0.486 e. The SMILES string of the molecule is O=C(O)c1cccc(C2CCCN(C(=O)c3ccc4c(c3)OCCO4)C2)c1. The Labute approximate surface area is 157 Å². The zero-order valence-corrected chi connectivity index (χ0v) is 14.9. The van der Waals surface area contributed by atoms with Gasteiger partial charge in [0.25, 0.3) is 5.91 Å². The third kappa shape index (κ3) is 3.60. The molecule has 1 saturated heterocycles. The molecule has 2 aliphatic rings. The van der Waals surface area contributed by atoms with Gasteiger partial charge in [0.15, 0.2) is 11.5 Å². The molecule has 0 radical (unpaired) electrons. The summed E-state index contributed by atoms with van der Waals surface area (Å²) >= 11 is 0. The van der Waals surface area contributed by atoms with E-state index in [0.29, 0.717) is 43.4 Å². The third-order valence-corrected chi connectivity index (χ3v) is 5.10. The number of fused-ring (bicyclic) bond motifs is 1. The first kappa shape index (κ1) is 17.4. The van der Waals surface area contributed by atoms with Crippen molar-refractivity contribution in [2.24, 2.45) is 0 Å². The summed E-state index contributed by atoms with van der Waals surface area (Å²) in [7, 11) is 0. The third-order valence-electron chi connectivity index (χ3n) is 5.10. The molecule has 1 N–H and O–H groups in total. The number of rotatable bonds is 3. The average Bonchev–Trinajstić information content (AvgIpc) is 2.73. The molecule has 1 unspecified atom stereocenters. The number of nitrogens with zero attached hydrogens (tertiary/aromatic N) is 1. The Balaban J connectivity index is 1.52. The monoisotopic (exact) mass is 367 g/mol. The predicted octanol–water partition coefficient (Wildman–Crippen LogP) is 3.18. The van der Waals surface area contributed by atoms with Crippen molar-refractivity contribution in [1.82, 2.24) is 4.90 Å². The minimum atomic E-state index is -0.933. The highest BCUT2D eigenvalue weighted by atomic mass is 16.6. The minimum absolute atomic E-state index is 0.0361. The van der Waals surface area contributed by atoms with Crippen LogP contribution >= 0.6 is 0 Å². The summed E-state index contributed by atoms with van der Waals surface area (Å²) in [6.07, 6.45) is 1.83. The number of amides is 1. The molecule has 0 aliphatic carbocycles. The summed E-state index contributed by atoms with van der Waals surface area (Å²) in [6, 6.07) is 12.3. The fourth-order valence-electron chi connectivity index (χ4n) is 3.72. The van der Waals surface area contributed by atoms with Gasteiger partial charge in [-0.15, -0.1) is 0 Å². The van der Waals surface area contributed by atoms with Gasteiger partial charge in [-0.25, -0.2) is 4.79 Å². The Kier molecular flexibility index (Phi) is 4.71. The van der Waals surface area contributed by atoms with E-state index in [2.05, 4.69) is 0 Å². The lowest BCUT2D eigenvalue weighted by atomic mass is 9.89. The molecule has 0 spiro atoms. The van der Waals surface area contributed by atoms with Crippen molar-refractivity contribution < 1.29 is 24.2 Å². The van der Waals surface area contributed by atoms with Crippen LogP contribution in [0.4, 0.5) is 0 Å². The zero-order chi connectivity index (χ0) is 18.8. The Morgan fingerprint density at radius 1 is 1.00 bits per heavy atom. The molecule has 27 heavy (non-hydrogen) atoms. The minimum Gasteiger partial charge on any atom is -0.486 e. The molecule has 2 aliphatic heterocycles. The van der Waals surface area contributed by atoms with Gasteiger partial charge in [0.2, 0.25) is 0 Å². The van der Waals surface area contributed by atoms with Crippen LogP contribution in [0.2, 0.25) is 0 Å². The smallest absolute Gasteiger partial charge is 0.335 e. The molecule has 6 nitrogen and oxygen atoms in total. The number of carboxylic acid groups (broad SMARTS) is 1. The molecule has 1 amide bonds. The lowest BCUT2D eigenvalue weighted by Crippen LogP contribution is -2.39. The second-order valence-electron chi connectivity index (χ2n) is 6.88. The molecule has 2 aromatic carbocycles. The molecule has 2 aromatic rings. The van der Waals surface area contributed by atoms with E-state index < -0.39 is 5.97 Å². The highest BCUT2D eigenvalue weighted by molar-refractivity contribution is 5.95. The second-order valence-corrected chi connectivity index (χ2v) is 6.88. The van der Waals surface area contributed by atoms with Gasteiger partial charge in [-0.05, 0) is 48.7 Å². The van der Waals surface area contributed by atoms with Crippen LogP contribution in [-0.2, 0) is 0 Å². The van der Waals surface area contributed by atoms with Crippen LogP contribution in [0.3, 0.4) is 0 Å². The van der Waals surface area contributed by atoms with Crippen LogP contribution in [-0.4, -0.2) is 48.2 Å². The van der Waals surface area contributed by atoms with E-state index in [1.165, 1.54) is 0 Å². The van der Waals surface area contributed by atoms with Gasteiger partial charge in [-0.1, -0.05) is 12.1 Å². The maximum Gasteiger partial charge on any atom is 0.335 e. The second kappa shape index (κ2) is 7.31. The highest BCUT2D eigenvalue weighted by Gasteiger charge is 2.27. The van der Waals surface area contributed by atoms with Crippen molar-refractivity contribution in [3.05, 3.63) is 59.2 Å². The van der Waals surface area contributed by atoms with E-state index in [9.17, 15) is 14.7 Å². The Hall–Kier alpha value is -3.02. The summed E-state index contributed by atoms with van der Waals surface area (Å²) in [6.45, 7) is 2.28. The number of carbonyl (C=O) groups excluding carboxylic acids is 1. The van der Waals surface area contributed by atoms with E-state index in [4.69, 9.17) is 9.47 Å². The van der Waals surface area contributed by atoms with Crippen LogP contribution in [0, 0.1) is 0 Å². The normalized spacial score (nSPS) is 18.8. The first-order chi connectivity index (χ1) is 13.1. The van der Waals surface area contributed by atoms with Crippen LogP contribution in [0.1, 0.15) is 45.0 Å². The lowest BCUT2D eigenvalue weighted by Gasteiger charge is -2.33. The van der Waals surface area contributed by atoms with Gasteiger partial charge in [-0.2, -0.15) is 0 Å². The molecule has 6 heteroatoms. The number of aromatic carboxylic acids is 1. The quantitative estimate of drug-likeness (QED) is 0.902. The topological polar surface area (TPSA) is 76.1 Å². The number of hydrogen-bond acceptors (Lipinski definition) is 4. The number of carbonyl (C=O) groups is 2. The maximum absolute atomic E-state index is 13.0. The summed E-state index contributed by atoms with van der Waals surface area (Å²) < 4.78 is 11.1. The number of hydrogen-bond donors (Lipinski definition) is 1. The average molecular weight is 367 g/mol. The molecule has 1 fully saturated rings. The van der Waals surface area contributed by atoms with Crippen molar-refractivity contribution in [1.29, 1.82) is 0 Å². The number of carboxylic acids is 1. The van der Waals surface area contributed by atoms with E-state index in [-0.39, 0.29) is 17.4 Å². The number of ether oxygens (including phenoxy) is 2. The Morgan fingerprint density at radius 3 is 2.63 bits per heavy atom. The van der Waals surface area contributed by atoms with E-state index in [0.717, 1.165) is 18.4 Å². The highest BCUT2D eigenvalue weighted by Crippen LogP contribution is 2.32. The number of likely N-dealkylation sites (tertiary alicyclic amines) is 1. The lowest BCUT2D eigenvalue weighted by molar-refractivity contribution is 0.0687. The molecule has 0 aromatic heterocycles. The van der Waals surface area contributed by atoms with E-state index >= 15 is 0 Å². The predicted molar refractivity (Wildman–Crippen MR) is 98.7 cm³/mol. The summed E-state index contributed by atoms with van der Waals surface area (Å²) in [5.41, 5.74) is 1.83. The molecule has 4 rings (SSSR count). The molecule has 140 valence electrons. The van der Waals surface area contributed by atoms with Crippen molar-refractivity contribution in [3.8, 4) is 11.5 Å². The standard InChI is InChI=1S/C21H21NO5/c23-20(15-6-7-18-19(12-15)27-10-9-26-18)22-8-2-5-17(13-22)14-3-1-4-16(11-14)21(24)25/h1,3-4,6-7,11-12,17H,2,5,8-10,13H2,(H,24,25). The van der Waals surface area contributed by atoms with Crippen molar-refractivity contribution in [2.75, 3.05) is 26.3 Å². The first-order valence-electron chi connectivity index (χ1n) is 9.14. The van der Waals surface area contributed by atoms with Crippen LogP contribution < -0.4 is 9.47 Å². The van der Waals surface area contributed by atoms with Crippen molar-refractivity contribution in [3.63, 3.8) is 0 Å². The Morgan fingerprint density at radius 2 is 1.81 bits per heavy atom. The van der Waals surface area contributed by atoms with Gasteiger partial charge < -0.3 is 19.5 Å². The fraction of sp³-hybridized carbons (Fsp3) is 0.333. The molecule has 0 saturated carbocycles. The van der Waals surface area contributed by atoms with Crippen molar-refractivity contribution >= 4 is 11.9 Å². The maximum atomic E-state index is 13.0. The summed E-state index contributed by atoms with van der Waals surface area (Å²) in [5, 5.41) is 9.21. The molecular formula is C21H21NO5. The summed E-state index contributed by atoms with van der Waals surface area (Å²) in [5.74, 6) is 0.441. The first-order valence-corrected chi connectivity index (χ1v) is 9.14. The summed E-state index contributed by atoms with van der Waals surface area (Å²) in [4.78, 5) is 26.0. The molecule has 1 atom stereocenters. The fourth-order valence-corrected chi connectivity index (χ4v) is 3.72. The number of piperidine rings is 1. The van der Waals surface area contributed by atoms with Crippen LogP contribution in [0.25, 0.3) is 0 Å². The van der Waals surface area contributed by atoms with E-state index in [1.807, 2.05) is 11.0 Å². The van der Waals surface area contributed by atoms with Gasteiger partial charge >= 0.3 is 5.97 Å². The Bertz CT molecular complexity index is 879. The number of benzene rings is 2. The van der Waals surface area contributed by atoms with Crippen LogP contribution in [0.5, 0.6) is 11.5 Å². The van der Waals surface area contributed by atoms with Gasteiger partial charge in [0.1, 0.15) is 13.2 Å². The van der Waals surface area contributed by atoms with Crippen molar-refractivity contribution in [2.45, 2.75) is 18.8 Å². The van der Waals surface area contributed by atoms with Gasteiger partial charge in [0.05, 0.1) is 5.56 Å². The van der Waals surface area contributed by atoms with Crippen LogP contribution in [0.15, 0.2) is 42.5 Å². The zero-order valence-electron chi connectivity index (χ0n) is 14.9. The van der Waals surface area contributed by atoms with E-state index in [1.54, 1.807) is 36.4 Å². The van der Waals surface area contributed by atoms with Gasteiger partial charge in [-0.3, -0.25) is 4.79 Å². The molecular weight excluding hydrogens is 346 g/mol. The van der Waals surface area contributed by atoms with Gasteiger partial charge in [0, 0.05) is 24.6 Å². The molecule has 0 bridgehead atoms.